The molecule has 0 saturated carbocycles. The molecule has 1 amide bonds. The fourth-order valence-electron chi connectivity index (χ4n) is 1.38. The topological polar surface area (TPSA) is 73.9 Å². The second-order valence-electron chi connectivity index (χ2n) is 3.75. The lowest BCUT2D eigenvalue weighted by atomic mass is 10.2. The molecular weight excluding hydrogens is 250 g/mol. The van der Waals surface area contributed by atoms with Crippen LogP contribution in [0.3, 0.4) is 0 Å². The first-order valence-corrected chi connectivity index (χ1v) is 5.70. The van der Waals surface area contributed by atoms with Crippen LogP contribution in [0.15, 0.2) is 24.3 Å². The minimum Gasteiger partial charge on any atom is -0.495 e. The molecule has 0 aliphatic rings. The number of hydrogen-bond acceptors (Lipinski definition) is 5. The molecule has 6 nitrogen and oxygen atoms in total. The first-order chi connectivity index (χ1) is 9.08. The van der Waals surface area contributed by atoms with Gasteiger partial charge in [0, 0.05) is 7.11 Å². The summed E-state index contributed by atoms with van der Waals surface area (Å²) in [4.78, 5) is 23.0. The minimum absolute atomic E-state index is 0.188. The van der Waals surface area contributed by atoms with Crippen LogP contribution in [-0.4, -0.2) is 38.8 Å². The molecule has 0 radical (unpaired) electrons. The van der Waals surface area contributed by atoms with Crippen molar-refractivity contribution in [3.05, 3.63) is 24.3 Å². The Bertz CT molecular complexity index is 446. The van der Waals surface area contributed by atoms with Crippen molar-refractivity contribution in [1.82, 2.24) is 0 Å². The summed E-state index contributed by atoms with van der Waals surface area (Å²) in [5.74, 6) is -0.495. The zero-order valence-corrected chi connectivity index (χ0v) is 11.1. The number of esters is 1. The molecule has 0 saturated heterocycles. The summed E-state index contributed by atoms with van der Waals surface area (Å²) in [6.45, 7) is 1.30. The number of methoxy groups -OCH3 is 2. The number of hydrogen-bond donors (Lipinski definition) is 1. The van der Waals surface area contributed by atoms with Crippen molar-refractivity contribution in [2.75, 3.05) is 26.1 Å². The maximum atomic E-state index is 11.8. The Balaban J connectivity index is 2.61. The Hall–Kier alpha value is -2.08. The molecule has 0 unspecified atom stereocenters. The second-order valence-corrected chi connectivity index (χ2v) is 3.75. The third-order valence-corrected chi connectivity index (χ3v) is 2.30. The molecule has 6 heteroatoms. The largest absolute Gasteiger partial charge is 0.495 e. The van der Waals surface area contributed by atoms with Gasteiger partial charge >= 0.3 is 5.97 Å². The Labute approximate surface area is 111 Å². The molecule has 1 rings (SSSR count). The van der Waals surface area contributed by atoms with Crippen molar-refractivity contribution in [2.45, 2.75) is 13.0 Å². The van der Waals surface area contributed by atoms with Crippen LogP contribution in [0.25, 0.3) is 0 Å². The van der Waals surface area contributed by atoms with Crippen LogP contribution in [0, 0.1) is 0 Å². The van der Waals surface area contributed by atoms with E-state index in [2.05, 4.69) is 10.1 Å². The molecule has 0 heterocycles. The summed E-state index contributed by atoms with van der Waals surface area (Å²) >= 11 is 0. The van der Waals surface area contributed by atoms with Gasteiger partial charge in [0.25, 0.3) is 5.91 Å². The molecular formula is C13H17NO5. The van der Waals surface area contributed by atoms with Crippen LogP contribution in [0.4, 0.5) is 5.69 Å². The van der Waals surface area contributed by atoms with E-state index in [1.165, 1.54) is 21.1 Å². The molecule has 0 aliphatic heterocycles. The van der Waals surface area contributed by atoms with E-state index in [-0.39, 0.29) is 6.61 Å². The van der Waals surface area contributed by atoms with E-state index in [0.717, 1.165) is 0 Å². The molecule has 0 aliphatic carbocycles. The Morgan fingerprint density at radius 2 is 1.95 bits per heavy atom. The van der Waals surface area contributed by atoms with Crippen LogP contribution in [-0.2, 0) is 19.1 Å². The number of ether oxygens (including phenoxy) is 3. The lowest BCUT2D eigenvalue weighted by Crippen LogP contribution is -2.31. The average molecular weight is 267 g/mol. The van der Waals surface area contributed by atoms with Crippen molar-refractivity contribution in [3.63, 3.8) is 0 Å². The monoisotopic (exact) mass is 267 g/mol. The van der Waals surface area contributed by atoms with E-state index in [9.17, 15) is 9.59 Å². The molecule has 0 spiro atoms. The highest BCUT2D eigenvalue weighted by Gasteiger charge is 2.18. The first-order valence-electron chi connectivity index (χ1n) is 5.70. The molecule has 1 aromatic rings. The summed E-state index contributed by atoms with van der Waals surface area (Å²) < 4.78 is 14.6. The number of anilines is 1. The Morgan fingerprint density at radius 3 is 2.58 bits per heavy atom. The quantitative estimate of drug-likeness (QED) is 0.784. The highest BCUT2D eigenvalue weighted by atomic mass is 16.6. The van der Waals surface area contributed by atoms with Gasteiger partial charge in [-0.2, -0.15) is 0 Å². The summed E-state index contributed by atoms with van der Waals surface area (Å²) in [5, 5.41) is 2.63. The minimum atomic E-state index is -0.910. The van der Waals surface area contributed by atoms with Gasteiger partial charge in [-0.15, -0.1) is 0 Å². The van der Waals surface area contributed by atoms with Gasteiger partial charge in [-0.1, -0.05) is 12.1 Å². The first kappa shape index (κ1) is 15.0. The SMILES string of the molecule is COCC(=O)O[C@@H](C)C(=O)Nc1ccccc1OC. The summed E-state index contributed by atoms with van der Waals surface area (Å²) in [5.41, 5.74) is 0.518. The van der Waals surface area contributed by atoms with E-state index in [0.29, 0.717) is 11.4 Å². The molecule has 0 aromatic heterocycles. The number of para-hydroxylation sites is 2. The molecule has 1 atom stereocenters. The third-order valence-electron chi connectivity index (χ3n) is 2.30. The highest BCUT2D eigenvalue weighted by Crippen LogP contribution is 2.23. The van der Waals surface area contributed by atoms with Crippen LogP contribution in [0.2, 0.25) is 0 Å². The smallest absolute Gasteiger partial charge is 0.332 e. The normalized spacial score (nSPS) is 11.5. The van der Waals surface area contributed by atoms with Crippen molar-refractivity contribution in [1.29, 1.82) is 0 Å². The molecule has 19 heavy (non-hydrogen) atoms. The lowest BCUT2D eigenvalue weighted by Gasteiger charge is -2.14. The summed E-state index contributed by atoms with van der Waals surface area (Å²) in [7, 11) is 2.88. The Morgan fingerprint density at radius 1 is 1.26 bits per heavy atom. The molecule has 0 fully saturated rings. The van der Waals surface area contributed by atoms with Crippen molar-refractivity contribution in [2.24, 2.45) is 0 Å². The van der Waals surface area contributed by atoms with Gasteiger partial charge in [0.2, 0.25) is 0 Å². The predicted molar refractivity (Wildman–Crippen MR) is 69.1 cm³/mol. The van der Waals surface area contributed by atoms with Gasteiger partial charge in [-0.3, -0.25) is 4.79 Å². The Kier molecular flexibility index (Phi) is 5.81. The van der Waals surface area contributed by atoms with Gasteiger partial charge in [-0.25, -0.2) is 4.79 Å². The van der Waals surface area contributed by atoms with Gasteiger partial charge in [0.15, 0.2) is 6.10 Å². The van der Waals surface area contributed by atoms with Crippen LogP contribution in [0.1, 0.15) is 6.92 Å². The summed E-state index contributed by atoms with van der Waals surface area (Å²) in [6.07, 6.45) is -0.910. The number of rotatable bonds is 6. The van der Waals surface area contributed by atoms with Crippen molar-refractivity contribution >= 4 is 17.6 Å². The van der Waals surface area contributed by atoms with Crippen molar-refractivity contribution in [3.8, 4) is 5.75 Å². The van der Waals surface area contributed by atoms with E-state index in [1.54, 1.807) is 24.3 Å². The van der Waals surface area contributed by atoms with E-state index in [1.807, 2.05) is 0 Å². The predicted octanol–water partition coefficient (Wildman–Crippen LogP) is 1.21. The van der Waals surface area contributed by atoms with Gasteiger partial charge in [0.1, 0.15) is 12.4 Å². The lowest BCUT2D eigenvalue weighted by molar-refractivity contribution is -0.156. The van der Waals surface area contributed by atoms with Gasteiger partial charge < -0.3 is 19.5 Å². The summed E-state index contributed by atoms with van der Waals surface area (Å²) in [6, 6.07) is 6.97. The fourth-order valence-corrected chi connectivity index (χ4v) is 1.38. The zero-order chi connectivity index (χ0) is 14.3. The molecule has 1 N–H and O–H groups in total. The van der Waals surface area contributed by atoms with Crippen LogP contribution < -0.4 is 10.1 Å². The third kappa shape index (κ3) is 4.59. The molecule has 0 bridgehead atoms. The highest BCUT2D eigenvalue weighted by molar-refractivity contribution is 5.96. The van der Waals surface area contributed by atoms with Crippen molar-refractivity contribution < 1.29 is 23.8 Å². The number of carbonyl (C=O) groups is 2. The molecule has 104 valence electrons. The number of nitrogens with one attached hydrogen (secondary N) is 1. The van der Waals surface area contributed by atoms with E-state index < -0.39 is 18.0 Å². The van der Waals surface area contributed by atoms with Crippen LogP contribution in [0.5, 0.6) is 5.75 Å². The van der Waals surface area contributed by atoms with Gasteiger partial charge in [-0.05, 0) is 19.1 Å². The standard InChI is InChI=1S/C13H17NO5/c1-9(19-12(15)8-17-2)13(16)14-10-6-4-5-7-11(10)18-3/h4-7,9H,8H2,1-3H3,(H,14,16)/t9-/m0/s1. The average Bonchev–Trinajstić information content (AvgIpc) is 2.39. The fraction of sp³-hybridized carbons (Fsp3) is 0.385. The number of benzene rings is 1. The van der Waals surface area contributed by atoms with E-state index >= 15 is 0 Å². The maximum absolute atomic E-state index is 11.8. The number of amides is 1. The number of carbonyl (C=O) groups excluding carboxylic acids is 2. The zero-order valence-electron chi connectivity index (χ0n) is 11.1. The van der Waals surface area contributed by atoms with Gasteiger partial charge in [0.05, 0.1) is 12.8 Å². The molecule has 1 aromatic carbocycles. The van der Waals surface area contributed by atoms with E-state index in [4.69, 9.17) is 9.47 Å². The second kappa shape index (κ2) is 7.38. The maximum Gasteiger partial charge on any atom is 0.332 e. The van der Waals surface area contributed by atoms with Crippen LogP contribution >= 0.6 is 0 Å².